The molecule has 1 unspecified atom stereocenters. The molecule has 24 heavy (non-hydrogen) atoms. The van der Waals surface area contributed by atoms with Crippen LogP contribution in [0.4, 0.5) is 0 Å². The number of benzene rings is 1. The molecule has 0 aliphatic heterocycles. The van der Waals surface area contributed by atoms with Crippen LogP contribution >= 0.6 is 24.8 Å². The number of aromatic nitrogens is 1. The molecule has 0 amide bonds. The Labute approximate surface area is 156 Å². The maximum Gasteiger partial charge on any atom is 0.338 e. The van der Waals surface area contributed by atoms with Crippen LogP contribution in [0.3, 0.4) is 0 Å². The molecule has 0 fully saturated rings. The summed E-state index contributed by atoms with van der Waals surface area (Å²) in [6.45, 7) is 6.75. The second-order valence-electron chi connectivity index (χ2n) is 5.03. The quantitative estimate of drug-likeness (QED) is 0.686. The number of hydrogen-bond donors (Lipinski definition) is 0. The highest BCUT2D eigenvalue weighted by molar-refractivity contribution is 5.89. The Bertz CT molecular complexity index is 578. The summed E-state index contributed by atoms with van der Waals surface area (Å²) in [7, 11) is 0. The summed E-state index contributed by atoms with van der Waals surface area (Å²) in [6, 6.07) is 13.2. The third kappa shape index (κ3) is 6.48. The first kappa shape index (κ1) is 22.4. The van der Waals surface area contributed by atoms with E-state index in [0.29, 0.717) is 12.1 Å². The smallest absolute Gasteiger partial charge is 0.338 e. The van der Waals surface area contributed by atoms with Crippen molar-refractivity contribution in [1.29, 1.82) is 0 Å². The lowest BCUT2D eigenvalue weighted by Crippen LogP contribution is -2.30. The molecule has 2 aromatic rings. The van der Waals surface area contributed by atoms with Crippen molar-refractivity contribution in [3.63, 3.8) is 0 Å². The molecule has 0 aliphatic rings. The third-order valence-corrected chi connectivity index (χ3v) is 3.66. The highest BCUT2D eigenvalue weighted by Crippen LogP contribution is 2.20. The normalized spacial score (nSPS) is 11.1. The zero-order valence-corrected chi connectivity index (χ0v) is 15.6. The Balaban J connectivity index is 0.00000264. The molecule has 4 nitrogen and oxygen atoms in total. The first-order valence-electron chi connectivity index (χ1n) is 7.62. The van der Waals surface area contributed by atoms with Crippen LogP contribution in [0.25, 0.3) is 0 Å². The fourth-order valence-electron chi connectivity index (χ4n) is 2.28. The SMILES string of the molecule is CCN(CC)CC(OC(=O)c1ccncc1)c1ccccc1.Cl.Cl. The van der Waals surface area contributed by atoms with E-state index in [0.717, 1.165) is 18.7 Å². The summed E-state index contributed by atoms with van der Waals surface area (Å²) in [5.74, 6) is -0.316. The van der Waals surface area contributed by atoms with Crippen molar-refractivity contribution >= 4 is 30.8 Å². The molecule has 1 aromatic carbocycles. The monoisotopic (exact) mass is 370 g/mol. The number of halogens is 2. The van der Waals surface area contributed by atoms with Crippen LogP contribution in [0.5, 0.6) is 0 Å². The lowest BCUT2D eigenvalue weighted by Gasteiger charge is -2.25. The van der Waals surface area contributed by atoms with Gasteiger partial charge in [0.2, 0.25) is 0 Å². The number of hydrogen-bond acceptors (Lipinski definition) is 4. The fraction of sp³-hybridized carbons (Fsp3) is 0.333. The predicted molar refractivity (Wildman–Crippen MR) is 101 cm³/mol. The first-order chi connectivity index (χ1) is 10.7. The zero-order valence-electron chi connectivity index (χ0n) is 13.9. The highest BCUT2D eigenvalue weighted by atomic mass is 35.5. The topological polar surface area (TPSA) is 42.4 Å². The van der Waals surface area contributed by atoms with Gasteiger partial charge in [-0.2, -0.15) is 0 Å². The third-order valence-electron chi connectivity index (χ3n) is 3.66. The molecule has 1 heterocycles. The van der Waals surface area contributed by atoms with Crippen molar-refractivity contribution in [3.8, 4) is 0 Å². The van der Waals surface area contributed by atoms with Gasteiger partial charge >= 0.3 is 5.97 Å². The minimum absolute atomic E-state index is 0. The minimum atomic E-state index is -0.316. The summed E-state index contributed by atoms with van der Waals surface area (Å²) in [5, 5.41) is 0. The Morgan fingerprint density at radius 1 is 1.04 bits per heavy atom. The standard InChI is InChI=1S/C18H22N2O2.2ClH/c1-3-20(4-2)14-17(15-8-6-5-7-9-15)22-18(21)16-10-12-19-13-11-16;;/h5-13,17H,3-4,14H2,1-2H3;2*1H. The Morgan fingerprint density at radius 3 is 2.17 bits per heavy atom. The van der Waals surface area contributed by atoms with Crippen molar-refractivity contribution in [2.75, 3.05) is 19.6 Å². The van der Waals surface area contributed by atoms with Gasteiger partial charge in [0, 0.05) is 18.9 Å². The van der Waals surface area contributed by atoms with Crippen molar-refractivity contribution in [3.05, 3.63) is 66.0 Å². The van der Waals surface area contributed by atoms with Gasteiger partial charge in [-0.15, -0.1) is 24.8 Å². The van der Waals surface area contributed by atoms with E-state index in [1.165, 1.54) is 0 Å². The Hall–Kier alpha value is -1.62. The molecular weight excluding hydrogens is 347 g/mol. The van der Waals surface area contributed by atoms with E-state index in [2.05, 4.69) is 23.7 Å². The van der Waals surface area contributed by atoms with Crippen LogP contribution < -0.4 is 0 Å². The number of esters is 1. The first-order valence-corrected chi connectivity index (χ1v) is 7.62. The van der Waals surface area contributed by atoms with E-state index in [4.69, 9.17) is 4.74 Å². The van der Waals surface area contributed by atoms with E-state index in [1.807, 2.05) is 30.3 Å². The average Bonchev–Trinajstić information content (AvgIpc) is 2.60. The fourth-order valence-corrected chi connectivity index (χ4v) is 2.28. The molecule has 0 aliphatic carbocycles. The summed E-state index contributed by atoms with van der Waals surface area (Å²) in [6.07, 6.45) is 2.92. The van der Waals surface area contributed by atoms with Crippen molar-refractivity contribution in [2.24, 2.45) is 0 Å². The number of ether oxygens (including phenoxy) is 1. The number of nitrogens with zero attached hydrogens (tertiary/aromatic N) is 2. The van der Waals surface area contributed by atoms with Crippen LogP contribution in [0.15, 0.2) is 54.9 Å². The molecule has 0 N–H and O–H groups in total. The number of pyridine rings is 1. The molecule has 0 saturated heterocycles. The minimum Gasteiger partial charge on any atom is -0.453 e. The molecule has 1 aromatic heterocycles. The van der Waals surface area contributed by atoms with E-state index < -0.39 is 0 Å². The van der Waals surface area contributed by atoms with Crippen molar-refractivity contribution in [1.82, 2.24) is 9.88 Å². The number of likely N-dealkylation sites (N-methyl/N-ethyl adjacent to an activating group) is 1. The largest absolute Gasteiger partial charge is 0.453 e. The van der Waals surface area contributed by atoms with Crippen LogP contribution in [-0.4, -0.2) is 35.5 Å². The zero-order chi connectivity index (χ0) is 15.8. The molecule has 2 rings (SSSR count). The van der Waals surface area contributed by atoms with Crippen LogP contribution in [-0.2, 0) is 4.74 Å². The van der Waals surface area contributed by atoms with Gasteiger partial charge in [0.15, 0.2) is 0 Å². The molecule has 0 radical (unpaired) electrons. The number of carbonyl (C=O) groups excluding carboxylic acids is 1. The van der Waals surface area contributed by atoms with Crippen LogP contribution in [0.2, 0.25) is 0 Å². The van der Waals surface area contributed by atoms with Gasteiger partial charge in [0.05, 0.1) is 5.56 Å². The Kier molecular flexibility index (Phi) is 11.0. The summed E-state index contributed by atoms with van der Waals surface area (Å²) in [5.41, 5.74) is 1.53. The molecule has 1 atom stereocenters. The van der Waals surface area contributed by atoms with Gasteiger partial charge in [0.25, 0.3) is 0 Å². The average molecular weight is 371 g/mol. The van der Waals surface area contributed by atoms with Crippen LogP contribution in [0, 0.1) is 0 Å². The van der Waals surface area contributed by atoms with Gasteiger partial charge < -0.3 is 4.74 Å². The summed E-state index contributed by atoms with van der Waals surface area (Å²) >= 11 is 0. The van der Waals surface area contributed by atoms with Gasteiger partial charge in [-0.3, -0.25) is 9.88 Å². The van der Waals surface area contributed by atoms with Gasteiger partial charge in [-0.1, -0.05) is 44.2 Å². The summed E-state index contributed by atoms with van der Waals surface area (Å²) in [4.78, 5) is 18.5. The summed E-state index contributed by atoms with van der Waals surface area (Å²) < 4.78 is 5.75. The van der Waals surface area contributed by atoms with Gasteiger partial charge in [0.1, 0.15) is 6.10 Å². The molecule has 6 heteroatoms. The molecule has 0 saturated carbocycles. The lowest BCUT2D eigenvalue weighted by atomic mass is 10.1. The van der Waals surface area contributed by atoms with Crippen molar-refractivity contribution < 1.29 is 9.53 Å². The number of carbonyl (C=O) groups is 1. The maximum absolute atomic E-state index is 12.3. The molecular formula is C18H24Cl2N2O2. The van der Waals surface area contributed by atoms with Gasteiger partial charge in [-0.25, -0.2) is 4.79 Å². The molecule has 0 spiro atoms. The second-order valence-corrected chi connectivity index (χ2v) is 5.03. The number of rotatable bonds is 7. The predicted octanol–water partition coefficient (Wildman–Crippen LogP) is 4.17. The molecule has 0 bridgehead atoms. The van der Waals surface area contributed by atoms with E-state index >= 15 is 0 Å². The van der Waals surface area contributed by atoms with E-state index in [9.17, 15) is 4.79 Å². The van der Waals surface area contributed by atoms with E-state index in [-0.39, 0.29) is 36.9 Å². The van der Waals surface area contributed by atoms with E-state index in [1.54, 1.807) is 24.5 Å². The highest BCUT2D eigenvalue weighted by Gasteiger charge is 2.20. The maximum atomic E-state index is 12.3. The lowest BCUT2D eigenvalue weighted by molar-refractivity contribution is 0.0204. The van der Waals surface area contributed by atoms with Crippen molar-refractivity contribution in [2.45, 2.75) is 20.0 Å². The molecule has 132 valence electrons. The Morgan fingerprint density at radius 2 is 1.62 bits per heavy atom. The van der Waals surface area contributed by atoms with Crippen LogP contribution in [0.1, 0.15) is 35.9 Å². The van der Waals surface area contributed by atoms with Gasteiger partial charge in [-0.05, 0) is 30.8 Å². The second kappa shape index (κ2) is 11.8.